The van der Waals surface area contributed by atoms with Crippen molar-refractivity contribution in [2.24, 2.45) is 11.5 Å². The Morgan fingerprint density at radius 2 is 1.11 bits per heavy atom. The minimum Gasteiger partial charge on any atom is -0.352 e. The van der Waals surface area contributed by atoms with Crippen molar-refractivity contribution in [2.45, 2.75) is 0 Å². The van der Waals surface area contributed by atoms with Gasteiger partial charge in [0.05, 0.1) is 0 Å². The van der Waals surface area contributed by atoms with Crippen molar-refractivity contribution >= 4 is 15.4 Å². The first-order valence-corrected chi connectivity index (χ1v) is 3.05. The second-order valence-electron chi connectivity index (χ2n) is 0.831. The third-order valence-electron chi connectivity index (χ3n) is 0. The summed E-state index contributed by atoms with van der Waals surface area (Å²) in [6.45, 7) is 0. The summed E-state index contributed by atoms with van der Waals surface area (Å²) in [5.41, 5.74) is 8.50. The van der Waals surface area contributed by atoms with Crippen LogP contribution in [0.4, 0.5) is 21.2 Å². The van der Waals surface area contributed by atoms with Gasteiger partial charge in [0.1, 0.15) is 0 Å². The van der Waals surface area contributed by atoms with E-state index in [-0.39, 0.29) is 0 Å². The van der Waals surface area contributed by atoms with Gasteiger partial charge in [-0.05, 0) is 0 Å². The van der Waals surface area contributed by atoms with Gasteiger partial charge in [-0.15, -0.1) is 0 Å². The molecule has 0 fully saturated rings. The number of hydrogen-bond acceptors (Lipinski definition) is 1. The highest BCUT2D eigenvalue weighted by atomic mass is 28.5. The van der Waals surface area contributed by atoms with Crippen molar-refractivity contribution < 1.29 is 21.2 Å². The minimum atomic E-state index is -6.61. The summed E-state index contributed by atoms with van der Waals surface area (Å²) in [6, 6.07) is -0.833. The fourth-order valence-electron chi connectivity index (χ4n) is 0. The van der Waals surface area contributed by atoms with Crippen molar-refractivity contribution in [1.82, 2.24) is 0 Å². The highest BCUT2D eigenvalue weighted by Crippen LogP contribution is 2.06. The van der Waals surface area contributed by atoms with Gasteiger partial charge in [-0.3, -0.25) is 0 Å². The first-order chi connectivity index (χ1) is 3.73. The molecule has 0 aromatic carbocycles. The summed E-state index contributed by atoms with van der Waals surface area (Å²) in [4.78, 5) is 9.00. The van der Waals surface area contributed by atoms with Gasteiger partial charge in [0.15, 0.2) is 0 Å². The molecule has 0 aromatic heterocycles. The van der Waals surface area contributed by atoms with Crippen molar-refractivity contribution in [1.29, 1.82) is 0 Å². The van der Waals surface area contributed by atoms with E-state index in [4.69, 9.17) is 4.79 Å². The summed E-state index contributed by atoms with van der Waals surface area (Å²) in [6.07, 6.45) is 0. The average Bonchev–Trinajstić information content (AvgIpc) is 1.19. The number of rotatable bonds is 0. The first kappa shape index (κ1) is 11.1. The van der Waals surface area contributed by atoms with E-state index in [0.29, 0.717) is 0 Å². The van der Waals surface area contributed by atoms with Gasteiger partial charge in [0.25, 0.3) is 0 Å². The fraction of sp³-hybridized carbons (Fsp3) is 0. The lowest BCUT2D eigenvalue weighted by Gasteiger charge is -1.75. The van der Waals surface area contributed by atoms with Crippen LogP contribution >= 0.6 is 0 Å². The molecule has 8 heteroatoms. The minimum absolute atomic E-state index is 0.833. The van der Waals surface area contributed by atoms with E-state index >= 15 is 0 Å². The van der Waals surface area contributed by atoms with E-state index in [1.165, 1.54) is 0 Å². The smallest absolute Gasteiger partial charge is 0.352 e. The van der Waals surface area contributed by atoms with Gasteiger partial charge in [-0.1, -0.05) is 0 Å². The van der Waals surface area contributed by atoms with Crippen molar-refractivity contribution in [3.63, 3.8) is 0 Å². The third kappa shape index (κ3) is 311. The number of urea groups is 1. The molecular formula is CH4F4N2OSi. The Hall–Kier alpha value is -0.793. The summed E-state index contributed by atoms with van der Waals surface area (Å²) >= 11 is 0. The number of amides is 2. The predicted octanol–water partition coefficient (Wildman–Crippen LogP) is 0.324. The maximum Gasteiger partial charge on any atom is 0.844 e. The molecule has 0 aliphatic heterocycles. The van der Waals surface area contributed by atoms with Crippen LogP contribution in [0.5, 0.6) is 0 Å². The van der Waals surface area contributed by atoms with E-state index in [9.17, 15) is 16.4 Å². The Morgan fingerprint density at radius 1 is 1.11 bits per heavy atom. The normalized spacial score (nSPS) is 9.33. The van der Waals surface area contributed by atoms with E-state index < -0.39 is 15.4 Å². The van der Waals surface area contributed by atoms with E-state index in [1.54, 1.807) is 0 Å². The lowest BCUT2D eigenvalue weighted by atomic mass is 11.2. The molecule has 56 valence electrons. The van der Waals surface area contributed by atoms with Crippen LogP contribution in [0.15, 0.2) is 0 Å². The number of carbonyl (C=O) groups excluding carboxylic acids is 1. The quantitative estimate of drug-likeness (QED) is 0.302. The SMILES string of the molecule is F[Si](F)(F)F.NC(N)=O. The molecule has 4 N–H and O–H groups in total. The molecule has 0 atom stereocenters. The molecule has 0 saturated heterocycles. The van der Waals surface area contributed by atoms with Crippen molar-refractivity contribution in [2.75, 3.05) is 0 Å². The van der Waals surface area contributed by atoms with Gasteiger partial charge < -0.3 is 11.5 Å². The van der Waals surface area contributed by atoms with Crippen LogP contribution in [0, 0.1) is 0 Å². The fourth-order valence-corrected chi connectivity index (χ4v) is 0. The summed E-state index contributed by atoms with van der Waals surface area (Å²) in [5, 5.41) is 0. The molecule has 0 spiro atoms. The molecular weight excluding hydrogens is 160 g/mol. The molecule has 0 rings (SSSR count). The maximum absolute atomic E-state index is 9.83. The van der Waals surface area contributed by atoms with Crippen LogP contribution < -0.4 is 11.5 Å². The highest BCUT2D eigenvalue weighted by molar-refractivity contribution is 6.50. The van der Waals surface area contributed by atoms with Crippen LogP contribution in [0.1, 0.15) is 0 Å². The van der Waals surface area contributed by atoms with Crippen molar-refractivity contribution in [3.05, 3.63) is 0 Å². The largest absolute Gasteiger partial charge is 0.844 e. The molecule has 0 aliphatic carbocycles. The zero-order valence-electron chi connectivity index (χ0n) is 4.07. The molecule has 0 radical (unpaired) electrons. The summed E-state index contributed by atoms with van der Waals surface area (Å²) < 4.78 is 39.3. The van der Waals surface area contributed by atoms with E-state index in [0.717, 1.165) is 0 Å². The summed E-state index contributed by atoms with van der Waals surface area (Å²) in [5.74, 6) is 0. The predicted molar refractivity (Wildman–Crippen MR) is 24.0 cm³/mol. The molecule has 0 saturated carbocycles. The molecule has 0 aliphatic rings. The number of halogens is 4. The number of hydrogen-bond donors (Lipinski definition) is 2. The average molecular weight is 164 g/mol. The topological polar surface area (TPSA) is 69.1 Å². The zero-order chi connectivity index (χ0) is 8.08. The molecule has 0 unspecified atom stereocenters. The standard InChI is InChI=1S/CH4N2O.F4Si/c2-1(3)4;1-5(2,3)4/h(H4,2,3,4);. The van der Waals surface area contributed by atoms with Crippen molar-refractivity contribution in [3.8, 4) is 0 Å². The van der Waals surface area contributed by atoms with E-state index in [1.807, 2.05) is 0 Å². The van der Waals surface area contributed by atoms with Gasteiger partial charge >= 0.3 is 15.4 Å². The number of carbonyl (C=O) groups is 1. The van der Waals surface area contributed by atoms with Crippen LogP contribution in [0.3, 0.4) is 0 Å². The Kier molecular flexibility index (Phi) is 5.07. The first-order valence-electron chi connectivity index (χ1n) is 1.54. The molecule has 0 bridgehead atoms. The molecule has 2 amide bonds. The third-order valence-corrected chi connectivity index (χ3v) is 0. The highest BCUT2D eigenvalue weighted by Gasteiger charge is 2.39. The Morgan fingerprint density at radius 3 is 1.11 bits per heavy atom. The second kappa shape index (κ2) is 4.12. The van der Waals surface area contributed by atoms with E-state index in [2.05, 4.69) is 11.5 Å². The van der Waals surface area contributed by atoms with Gasteiger partial charge in [-0.2, -0.15) is 0 Å². The van der Waals surface area contributed by atoms with Crippen LogP contribution in [-0.2, 0) is 0 Å². The van der Waals surface area contributed by atoms with Gasteiger partial charge in [0.2, 0.25) is 0 Å². The monoisotopic (exact) mass is 164 g/mol. The Labute approximate surface area is 49.3 Å². The van der Waals surface area contributed by atoms with Crippen LogP contribution in [-0.4, -0.2) is 15.4 Å². The molecule has 3 nitrogen and oxygen atoms in total. The second-order valence-corrected chi connectivity index (χ2v) is 1.69. The maximum atomic E-state index is 9.83. The molecule has 0 heterocycles. The molecule has 0 aromatic rings. The Balaban J connectivity index is 0. The molecule has 9 heavy (non-hydrogen) atoms. The lowest BCUT2D eigenvalue weighted by Crippen LogP contribution is -2.18. The lowest BCUT2D eigenvalue weighted by molar-refractivity contribution is 0.256. The zero-order valence-corrected chi connectivity index (χ0v) is 5.07. The van der Waals surface area contributed by atoms with Gasteiger partial charge in [-0.25, -0.2) is 21.2 Å². The Bertz CT molecular complexity index is 81.1. The van der Waals surface area contributed by atoms with Crippen LogP contribution in [0.25, 0.3) is 0 Å². The van der Waals surface area contributed by atoms with Gasteiger partial charge in [0, 0.05) is 0 Å². The number of nitrogens with two attached hydrogens (primary N) is 2. The number of primary amides is 2. The summed E-state index contributed by atoms with van der Waals surface area (Å²) in [7, 11) is -6.61. The van der Waals surface area contributed by atoms with Crippen LogP contribution in [0.2, 0.25) is 0 Å².